The molecule has 0 saturated carbocycles. The van der Waals surface area contributed by atoms with Gasteiger partial charge in [0.05, 0.1) is 4.92 Å². The number of pyridine rings is 1. The van der Waals surface area contributed by atoms with Crippen LogP contribution in [0.5, 0.6) is 0 Å². The topological polar surface area (TPSA) is 100 Å². The molecule has 3 rings (SSSR count). The molecule has 3 heterocycles. The fourth-order valence-corrected chi connectivity index (χ4v) is 2.87. The first-order chi connectivity index (χ1) is 12.1. The van der Waals surface area contributed by atoms with Crippen molar-refractivity contribution in [1.29, 1.82) is 0 Å². The maximum Gasteiger partial charge on any atom is 0.353 e. The van der Waals surface area contributed by atoms with Crippen molar-refractivity contribution in [3.05, 3.63) is 40.3 Å². The highest BCUT2D eigenvalue weighted by atomic mass is 16.6. The number of aromatic nitrogens is 3. The Bertz CT molecular complexity index is 760. The second kappa shape index (κ2) is 7.39. The number of anilines is 3. The van der Waals surface area contributed by atoms with Crippen LogP contribution < -0.4 is 10.2 Å². The van der Waals surface area contributed by atoms with Gasteiger partial charge in [-0.25, -0.2) is 15.0 Å². The largest absolute Gasteiger partial charge is 0.353 e. The number of hydrogen-bond donors (Lipinski definition) is 1. The highest BCUT2D eigenvalue weighted by molar-refractivity contribution is 5.73. The van der Waals surface area contributed by atoms with E-state index in [9.17, 15) is 10.1 Å². The van der Waals surface area contributed by atoms with Crippen LogP contribution in [0.1, 0.15) is 12.6 Å². The van der Waals surface area contributed by atoms with Crippen molar-refractivity contribution in [2.24, 2.45) is 0 Å². The molecule has 0 bridgehead atoms. The fourth-order valence-electron chi connectivity index (χ4n) is 2.87. The van der Waals surface area contributed by atoms with Crippen molar-refractivity contribution < 1.29 is 4.92 Å². The monoisotopic (exact) mass is 343 g/mol. The molecule has 9 heteroatoms. The molecule has 9 nitrogen and oxygen atoms in total. The van der Waals surface area contributed by atoms with Gasteiger partial charge in [0, 0.05) is 31.9 Å². The molecule has 1 aliphatic heterocycles. The molecule has 2 aromatic heterocycles. The Labute approximate surface area is 145 Å². The maximum absolute atomic E-state index is 11.7. The van der Waals surface area contributed by atoms with Crippen molar-refractivity contribution in [1.82, 2.24) is 19.9 Å². The quantitative estimate of drug-likeness (QED) is 0.650. The zero-order chi connectivity index (χ0) is 17.8. The minimum Gasteiger partial charge on any atom is -0.348 e. The lowest BCUT2D eigenvalue weighted by molar-refractivity contribution is -0.383. The summed E-state index contributed by atoms with van der Waals surface area (Å²) in [6.45, 7) is 8.07. The van der Waals surface area contributed by atoms with Crippen LogP contribution in [0, 0.1) is 17.0 Å². The summed E-state index contributed by atoms with van der Waals surface area (Å²) in [4.78, 5) is 28.1. The first-order valence-corrected chi connectivity index (χ1v) is 8.26. The Kier molecular flexibility index (Phi) is 5.03. The Morgan fingerprint density at radius 2 is 2.00 bits per heavy atom. The van der Waals surface area contributed by atoms with Crippen molar-refractivity contribution in [2.45, 2.75) is 13.8 Å². The van der Waals surface area contributed by atoms with Crippen LogP contribution in [0.15, 0.2) is 24.5 Å². The second-order valence-electron chi connectivity index (χ2n) is 5.86. The van der Waals surface area contributed by atoms with Gasteiger partial charge in [-0.3, -0.25) is 10.1 Å². The van der Waals surface area contributed by atoms with E-state index in [-0.39, 0.29) is 11.5 Å². The molecule has 1 aliphatic rings. The summed E-state index contributed by atoms with van der Waals surface area (Å²) in [5, 5.41) is 14.6. The van der Waals surface area contributed by atoms with Crippen molar-refractivity contribution >= 4 is 23.1 Å². The highest BCUT2D eigenvalue weighted by Gasteiger charge is 2.29. The predicted octanol–water partition coefficient (Wildman–Crippen LogP) is 1.97. The van der Waals surface area contributed by atoms with Gasteiger partial charge in [0.2, 0.25) is 11.6 Å². The van der Waals surface area contributed by atoms with Crippen molar-refractivity contribution in [3.63, 3.8) is 0 Å². The number of piperazine rings is 1. The molecule has 0 unspecified atom stereocenters. The summed E-state index contributed by atoms with van der Waals surface area (Å²) >= 11 is 0. The van der Waals surface area contributed by atoms with Gasteiger partial charge >= 0.3 is 5.69 Å². The minimum absolute atomic E-state index is 0.115. The summed E-state index contributed by atoms with van der Waals surface area (Å²) in [5.41, 5.74) is 0.702. The Morgan fingerprint density at radius 1 is 1.24 bits per heavy atom. The highest BCUT2D eigenvalue weighted by Crippen LogP contribution is 2.33. The van der Waals surface area contributed by atoms with Crippen LogP contribution in [0.4, 0.5) is 23.1 Å². The minimum atomic E-state index is -0.431. The number of likely N-dealkylation sites (N-methyl/N-ethyl adjacent to an activating group) is 1. The molecule has 0 radical (unpaired) electrons. The summed E-state index contributed by atoms with van der Waals surface area (Å²) in [6.07, 6.45) is 1.35. The van der Waals surface area contributed by atoms with Gasteiger partial charge in [-0.15, -0.1) is 0 Å². The smallest absolute Gasteiger partial charge is 0.348 e. The molecule has 0 aromatic carbocycles. The fraction of sp³-hybridized carbons (Fsp3) is 0.438. The lowest BCUT2D eigenvalue weighted by Gasteiger charge is -2.34. The van der Waals surface area contributed by atoms with Crippen LogP contribution in [0.3, 0.4) is 0 Å². The normalized spacial score (nSPS) is 15.2. The van der Waals surface area contributed by atoms with E-state index >= 15 is 0 Å². The number of nitrogens with zero attached hydrogens (tertiary/aromatic N) is 6. The standard InChI is InChI=1S/C16H21N7O2/c1-3-21-7-9-22(10-8-21)16-14(23(24)25)15(17-11-18-16)20-13-6-4-5-12(2)19-13/h4-6,11H,3,7-10H2,1-2H3,(H,17,18,19,20). The SMILES string of the molecule is CCN1CCN(c2ncnc(Nc3cccc(C)n3)c2[N+](=O)[O-])CC1. The average Bonchev–Trinajstić information content (AvgIpc) is 2.61. The van der Waals surface area contributed by atoms with E-state index in [1.54, 1.807) is 6.07 Å². The molecule has 0 atom stereocenters. The summed E-state index contributed by atoms with van der Waals surface area (Å²) < 4.78 is 0. The molecular formula is C16H21N7O2. The third kappa shape index (κ3) is 3.82. The van der Waals surface area contributed by atoms with E-state index in [0.29, 0.717) is 24.7 Å². The van der Waals surface area contributed by atoms with E-state index in [1.807, 2.05) is 24.0 Å². The number of nitrogens with one attached hydrogen (secondary N) is 1. The maximum atomic E-state index is 11.7. The number of nitro groups is 1. The molecule has 132 valence electrons. The molecule has 1 fully saturated rings. The first-order valence-electron chi connectivity index (χ1n) is 8.26. The Hall–Kier alpha value is -2.81. The molecule has 0 aliphatic carbocycles. The van der Waals surface area contributed by atoms with Gasteiger partial charge in [0.25, 0.3) is 0 Å². The molecule has 2 aromatic rings. The van der Waals surface area contributed by atoms with Gasteiger partial charge in [0.1, 0.15) is 12.1 Å². The van der Waals surface area contributed by atoms with Crippen LogP contribution in [0.25, 0.3) is 0 Å². The van der Waals surface area contributed by atoms with E-state index in [2.05, 4.69) is 32.1 Å². The second-order valence-corrected chi connectivity index (χ2v) is 5.86. The van der Waals surface area contributed by atoms with Gasteiger partial charge in [-0.05, 0) is 25.6 Å². The first kappa shape index (κ1) is 17.0. The van der Waals surface area contributed by atoms with Crippen LogP contribution in [-0.4, -0.2) is 57.5 Å². The third-order valence-electron chi connectivity index (χ3n) is 4.24. The molecular weight excluding hydrogens is 322 g/mol. The Morgan fingerprint density at radius 3 is 2.64 bits per heavy atom. The number of rotatable bonds is 5. The third-order valence-corrected chi connectivity index (χ3v) is 4.24. The van der Waals surface area contributed by atoms with E-state index in [1.165, 1.54) is 6.33 Å². The van der Waals surface area contributed by atoms with E-state index in [4.69, 9.17) is 0 Å². The summed E-state index contributed by atoms with van der Waals surface area (Å²) in [5.74, 6) is 1.03. The number of hydrogen-bond acceptors (Lipinski definition) is 8. The van der Waals surface area contributed by atoms with Gasteiger partial charge in [-0.2, -0.15) is 0 Å². The van der Waals surface area contributed by atoms with E-state index in [0.717, 1.165) is 25.3 Å². The van der Waals surface area contributed by atoms with Crippen LogP contribution in [0.2, 0.25) is 0 Å². The zero-order valence-corrected chi connectivity index (χ0v) is 14.3. The van der Waals surface area contributed by atoms with Crippen LogP contribution >= 0.6 is 0 Å². The molecule has 0 spiro atoms. The molecule has 1 saturated heterocycles. The lowest BCUT2D eigenvalue weighted by atomic mass is 10.3. The van der Waals surface area contributed by atoms with Gasteiger partial charge < -0.3 is 15.1 Å². The van der Waals surface area contributed by atoms with Crippen molar-refractivity contribution in [2.75, 3.05) is 42.9 Å². The van der Waals surface area contributed by atoms with Gasteiger partial charge in [0.15, 0.2) is 0 Å². The lowest BCUT2D eigenvalue weighted by Crippen LogP contribution is -2.46. The number of aryl methyl sites for hydroxylation is 1. The summed E-state index contributed by atoms with van der Waals surface area (Å²) in [7, 11) is 0. The van der Waals surface area contributed by atoms with E-state index < -0.39 is 4.92 Å². The predicted molar refractivity (Wildman–Crippen MR) is 95.3 cm³/mol. The molecule has 1 N–H and O–H groups in total. The summed E-state index contributed by atoms with van der Waals surface area (Å²) in [6, 6.07) is 5.44. The Balaban J connectivity index is 1.91. The molecule has 25 heavy (non-hydrogen) atoms. The zero-order valence-electron chi connectivity index (χ0n) is 14.3. The average molecular weight is 343 g/mol. The van der Waals surface area contributed by atoms with Gasteiger partial charge in [-0.1, -0.05) is 13.0 Å². The van der Waals surface area contributed by atoms with Crippen LogP contribution in [-0.2, 0) is 0 Å². The van der Waals surface area contributed by atoms with Crippen molar-refractivity contribution in [3.8, 4) is 0 Å². The molecule has 0 amide bonds.